The zero-order valence-electron chi connectivity index (χ0n) is 15.3. The monoisotopic (exact) mass is 406 g/mol. The van der Waals surface area contributed by atoms with Crippen molar-refractivity contribution in [3.63, 3.8) is 0 Å². The van der Waals surface area contributed by atoms with Crippen LogP contribution in [0.1, 0.15) is 5.56 Å². The Hall–Kier alpha value is -3.78. The molecule has 2 N–H and O–H groups in total. The number of aryl methyl sites for hydroxylation is 1. The molecule has 0 saturated heterocycles. The van der Waals surface area contributed by atoms with E-state index in [2.05, 4.69) is 25.6 Å². The number of rotatable bonds is 5. The van der Waals surface area contributed by atoms with Gasteiger partial charge in [0.2, 0.25) is 11.6 Å². The topological polar surface area (TPSA) is 106 Å². The van der Waals surface area contributed by atoms with Crippen LogP contribution in [-0.2, 0) is 0 Å². The molecule has 0 aliphatic carbocycles. The van der Waals surface area contributed by atoms with E-state index in [0.29, 0.717) is 16.4 Å². The molecule has 0 aliphatic rings. The first-order chi connectivity index (χ1) is 14.0. The number of anilines is 4. The highest BCUT2D eigenvalue weighted by Crippen LogP contribution is 2.35. The van der Waals surface area contributed by atoms with E-state index in [1.54, 1.807) is 30.5 Å². The summed E-state index contributed by atoms with van der Waals surface area (Å²) in [6.07, 6.45) is 2.96. The van der Waals surface area contributed by atoms with Gasteiger partial charge in [-0.25, -0.2) is 9.97 Å². The van der Waals surface area contributed by atoms with Gasteiger partial charge < -0.3 is 10.6 Å². The molecule has 0 spiro atoms. The van der Waals surface area contributed by atoms with Gasteiger partial charge in [0.15, 0.2) is 0 Å². The molecule has 0 atom stereocenters. The van der Waals surface area contributed by atoms with Gasteiger partial charge in [-0.15, -0.1) is 0 Å². The highest BCUT2D eigenvalue weighted by Gasteiger charge is 2.24. The summed E-state index contributed by atoms with van der Waals surface area (Å²) in [5.74, 6) is 0.159. The van der Waals surface area contributed by atoms with Crippen molar-refractivity contribution in [3.8, 4) is 0 Å². The van der Waals surface area contributed by atoms with Crippen molar-refractivity contribution in [3.05, 3.63) is 81.8 Å². The third-order valence-electron chi connectivity index (χ3n) is 4.35. The number of pyridine rings is 1. The van der Waals surface area contributed by atoms with Crippen LogP contribution in [0.5, 0.6) is 0 Å². The summed E-state index contributed by atoms with van der Waals surface area (Å²) >= 11 is 5.99. The standard InChI is InChI=1S/C20H15ClN6O2/c1-12-10-13(21)7-8-15(12)25-19-18(27(28)29)20(24-11-23-19)26-17-6-2-5-16-14(17)4-3-9-22-16/h2-11H,1H3,(H2,23,24,25,26). The summed E-state index contributed by atoms with van der Waals surface area (Å²) in [7, 11) is 0. The Balaban J connectivity index is 1.76. The summed E-state index contributed by atoms with van der Waals surface area (Å²) in [5, 5.41) is 19.3. The van der Waals surface area contributed by atoms with Crippen LogP contribution in [0.3, 0.4) is 0 Å². The molecule has 4 rings (SSSR count). The fourth-order valence-corrected chi connectivity index (χ4v) is 3.20. The highest BCUT2D eigenvalue weighted by atomic mass is 35.5. The molecule has 9 heteroatoms. The van der Waals surface area contributed by atoms with Crippen LogP contribution in [0.25, 0.3) is 10.9 Å². The largest absolute Gasteiger partial charge is 0.353 e. The van der Waals surface area contributed by atoms with Gasteiger partial charge in [-0.1, -0.05) is 17.7 Å². The van der Waals surface area contributed by atoms with Gasteiger partial charge in [0.1, 0.15) is 6.33 Å². The van der Waals surface area contributed by atoms with Gasteiger partial charge in [0.25, 0.3) is 0 Å². The first-order valence-corrected chi connectivity index (χ1v) is 9.04. The molecule has 0 aliphatic heterocycles. The Morgan fingerprint density at radius 2 is 1.72 bits per heavy atom. The number of halogens is 1. The second-order valence-electron chi connectivity index (χ2n) is 6.26. The molecular formula is C20H15ClN6O2. The van der Waals surface area contributed by atoms with Crippen LogP contribution in [0.15, 0.2) is 61.1 Å². The molecule has 0 fully saturated rings. The van der Waals surface area contributed by atoms with E-state index in [1.807, 2.05) is 31.2 Å². The quantitative estimate of drug-likeness (QED) is 0.338. The molecule has 0 saturated carbocycles. The van der Waals surface area contributed by atoms with Gasteiger partial charge in [-0.3, -0.25) is 15.1 Å². The zero-order valence-corrected chi connectivity index (χ0v) is 16.0. The molecule has 2 aromatic carbocycles. The van der Waals surface area contributed by atoms with Crippen molar-refractivity contribution in [1.82, 2.24) is 15.0 Å². The molecule has 2 heterocycles. The number of benzene rings is 2. The molecule has 0 unspecified atom stereocenters. The predicted molar refractivity (Wildman–Crippen MR) is 113 cm³/mol. The SMILES string of the molecule is Cc1cc(Cl)ccc1Nc1ncnc(Nc2cccc3ncccc23)c1[N+](=O)[O-]. The third-order valence-corrected chi connectivity index (χ3v) is 4.58. The average Bonchev–Trinajstić information content (AvgIpc) is 2.70. The van der Waals surface area contributed by atoms with E-state index < -0.39 is 4.92 Å². The predicted octanol–water partition coefficient (Wildman–Crippen LogP) is 5.38. The molecule has 29 heavy (non-hydrogen) atoms. The molecule has 0 amide bonds. The lowest BCUT2D eigenvalue weighted by Crippen LogP contribution is -2.06. The minimum atomic E-state index is -0.515. The number of aromatic nitrogens is 3. The van der Waals surface area contributed by atoms with E-state index in [9.17, 15) is 10.1 Å². The number of nitrogens with zero attached hydrogens (tertiary/aromatic N) is 4. The fraction of sp³-hybridized carbons (Fsp3) is 0.0500. The van der Waals surface area contributed by atoms with Crippen LogP contribution < -0.4 is 10.6 Å². The second kappa shape index (κ2) is 7.69. The Labute approximate surface area is 170 Å². The lowest BCUT2D eigenvalue weighted by atomic mass is 10.2. The summed E-state index contributed by atoms with van der Waals surface area (Å²) < 4.78 is 0. The summed E-state index contributed by atoms with van der Waals surface area (Å²) in [6.45, 7) is 1.85. The molecule has 0 bridgehead atoms. The molecule has 8 nitrogen and oxygen atoms in total. The Morgan fingerprint density at radius 3 is 2.45 bits per heavy atom. The summed E-state index contributed by atoms with van der Waals surface area (Å²) in [4.78, 5) is 23.8. The van der Waals surface area contributed by atoms with Crippen LogP contribution in [0.2, 0.25) is 5.02 Å². The number of fused-ring (bicyclic) bond motifs is 1. The van der Waals surface area contributed by atoms with Crippen molar-refractivity contribution in [1.29, 1.82) is 0 Å². The van der Waals surface area contributed by atoms with Crippen molar-refractivity contribution >= 4 is 51.2 Å². The molecular weight excluding hydrogens is 392 g/mol. The smallest absolute Gasteiger partial charge is 0.334 e. The number of nitro groups is 1. The molecule has 144 valence electrons. The van der Waals surface area contributed by atoms with Gasteiger partial charge in [0.05, 0.1) is 10.4 Å². The fourth-order valence-electron chi connectivity index (χ4n) is 2.97. The van der Waals surface area contributed by atoms with Crippen molar-refractivity contribution in [2.45, 2.75) is 6.92 Å². The maximum Gasteiger partial charge on any atom is 0.353 e. The van der Waals surface area contributed by atoms with Crippen LogP contribution >= 0.6 is 11.6 Å². The minimum Gasteiger partial charge on any atom is -0.334 e. The first kappa shape index (κ1) is 18.6. The van der Waals surface area contributed by atoms with E-state index in [4.69, 9.17) is 11.6 Å². The molecule has 0 radical (unpaired) electrons. The van der Waals surface area contributed by atoms with Gasteiger partial charge in [-0.2, -0.15) is 0 Å². The van der Waals surface area contributed by atoms with Crippen LogP contribution in [0.4, 0.5) is 28.7 Å². The lowest BCUT2D eigenvalue weighted by molar-refractivity contribution is -0.383. The number of hydrogen-bond donors (Lipinski definition) is 2. The Kier molecular flexibility index (Phi) is 4.92. The van der Waals surface area contributed by atoms with Gasteiger partial charge in [-0.05, 0) is 55.0 Å². The minimum absolute atomic E-state index is 0.0791. The molecule has 2 aromatic heterocycles. The van der Waals surface area contributed by atoms with Crippen LogP contribution in [-0.4, -0.2) is 19.9 Å². The van der Waals surface area contributed by atoms with Crippen molar-refractivity contribution in [2.24, 2.45) is 0 Å². The van der Waals surface area contributed by atoms with Gasteiger partial charge in [0, 0.05) is 28.0 Å². The summed E-state index contributed by atoms with van der Waals surface area (Å²) in [5.41, 5.74) is 2.66. The van der Waals surface area contributed by atoms with Gasteiger partial charge >= 0.3 is 5.69 Å². The second-order valence-corrected chi connectivity index (χ2v) is 6.70. The van der Waals surface area contributed by atoms with E-state index in [-0.39, 0.29) is 17.3 Å². The maximum atomic E-state index is 11.8. The number of nitrogens with one attached hydrogen (secondary N) is 2. The zero-order chi connectivity index (χ0) is 20.4. The Bertz CT molecular complexity index is 1230. The van der Waals surface area contributed by atoms with E-state index >= 15 is 0 Å². The highest BCUT2D eigenvalue weighted by molar-refractivity contribution is 6.30. The van der Waals surface area contributed by atoms with E-state index in [0.717, 1.165) is 16.5 Å². The normalized spacial score (nSPS) is 10.7. The molecule has 4 aromatic rings. The van der Waals surface area contributed by atoms with Crippen LogP contribution in [0, 0.1) is 17.0 Å². The first-order valence-electron chi connectivity index (χ1n) is 8.66. The lowest BCUT2D eigenvalue weighted by Gasteiger charge is -2.12. The average molecular weight is 407 g/mol. The summed E-state index contributed by atoms with van der Waals surface area (Å²) in [6, 6.07) is 14.4. The van der Waals surface area contributed by atoms with Crippen molar-refractivity contribution < 1.29 is 4.92 Å². The maximum absolute atomic E-state index is 11.8. The number of hydrogen-bond acceptors (Lipinski definition) is 7. The van der Waals surface area contributed by atoms with Crippen molar-refractivity contribution in [2.75, 3.05) is 10.6 Å². The Morgan fingerprint density at radius 1 is 0.966 bits per heavy atom. The van der Waals surface area contributed by atoms with E-state index in [1.165, 1.54) is 6.33 Å². The third kappa shape index (κ3) is 3.78.